The van der Waals surface area contributed by atoms with Gasteiger partial charge in [0, 0.05) is 10.7 Å². The number of nitriles is 1. The van der Waals surface area contributed by atoms with E-state index in [0.717, 1.165) is 0 Å². The number of hydrogen-bond donors (Lipinski definition) is 1. The Bertz CT molecular complexity index is 839. The maximum Gasteiger partial charge on any atom is 0.182 e. The van der Waals surface area contributed by atoms with E-state index in [-0.39, 0.29) is 15.7 Å². The molecule has 0 bridgehead atoms. The van der Waals surface area contributed by atoms with Gasteiger partial charge in [-0.2, -0.15) is 5.26 Å². The number of nitrogens with zero attached hydrogens (tertiary/aromatic N) is 1. The van der Waals surface area contributed by atoms with E-state index in [1.54, 1.807) is 31.2 Å². The third-order valence-corrected chi connectivity index (χ3v) is 5.23. The van der Waals surface area contributed by atoms with Crippen molar-refractivity contribution in [2.24, 2.45) is 0 Å². The minimum absolute atomic E-state index is 0.197. The molecule has 2 aromatic carbocycles. The summed E-state index contributed by atoms with van der Waals surface area (Å²) in [5, 5.41) is 9.05. The fraction of sp³-hybridized carbons (Fsp3) is 0.133. The van der Waals surface area contributed by atoms with Gasteiger partial charge >= 0.3 is 0 Å². The number of hydrogen-bond acceptors (Lipinski definition) is 4. The van der Waals surface area contributed by atoms with Gasteiger partial charge in [0.05, 0.1) is 22.3 Å². The Balaban J connectivity index is 2.43. The Morgan fingerprint density at radius 3 is 2.57 bits per heavy atom. The van der Waals surface area contributed by atoms with E-state index < -0.39 is 9.84 Å². The molecule has 0 aliphatic rings. The molecule has 4 nitrogen and oxygen atoms in total. The van der Waals surface area contributed by atoms with E-state index in [0.29, 0.717) is 22.4 Å². The standard InChI is InChI=1S/C15H13ClN2O2S/c1-10-2-5-13(18)7-15(10)21(19,20)9-12-4-3-11(8-17)6-14(12)16/h2-7H,9,18H2,1H3. The van der Waals surface area contributed by atoms with Crippen molar-refractivity contribution in [1.29, 1.82) is 5.26 Å². The Hall–Kier alpha value is -2.03. The van der Waals surface area contributed by atoms with Crippen LogP contribution in [0.3, 0.4) is 0 Å². The molecule has 0 aromatic heterocycles. The molecule has 0 unspecified atom stereocenters. The molecule has 2 N–H and O–H groups in total. The first-order valence-corrected chi connectivity index (χ1v) is 8.14. The normalized spacial score (nSPS) is 11.1. The summed E-state index contributed by atoms with van der Waals surface area (Å²) in [6.45, 7) is 1.71. The van der Waals surface area contributed by atoms with Crippen LogP contribution in [0, 0.1) is 18.3 Å². The van der Waals surface area contributed by atoms with E-state index in [1.807, 2.05) is 6.07 Å². The molecule has 0 heterocycles. The average molecular weight is 321 g/mol. The number of nitrogens with two attached hydrogens (primary N) is 1. The summed E-state index contributed by atoms with van der Waals surface area (Å²) < 4.78 is 25.0. The molecular weight excluding hydrogens is 308 g/mol. The van der Waals surface area contributed by atoms with Crippen LogP contribution in [0.1, 0.15) is 16.7 Å². The Morgan fingerprint density at radius 2 is 1.95 bits per heavy atom. The second-order valence-electron chi connectivity index (χ2n) is 4.70. The summed E-state index contributed by atoms with van der Waals surface area (Å²) in [5.41, 5.74) is 7.53. The zero-order valence-corrected chi connectivity index (χ0v) is 12.9. The molecule has 6 heteroatoms. The number of benzene rings is 2. The highest BCUT2D eigenvalue weighted by Crippen LogP contribution is 2.26. The van der Waals surface area contributed by atoms with Gasteiger partial charge in [-0.25, -0.2) is 8.42 Å². The number of anilines is 1. The summed E-state index contributed by atoms with van der Waals surface area (Å²) >= 11 is 6.03. The third-order valence-electron chi connectivity index (χ3n) is 3.07. The second-order valence-corrected chi connectivity index (χ2v) is 7.07. The lowest BCUT2D eigenvalue weighted by atomic mass is 10.2. The lowest BCUT2D eigenvalue weighted by Gasteiger charge is -2.10. The van der Waals surface area contributed by atoms with Gasteiger partial charge < -0.3 is 5.73 Å². The van der Waals surface area contributed by atoms with Gasteiger partial charge in [-0.05, 0) is 42.3 Å². The van der Waals surface area contributed by atoms with Crippen molar-refractivity contribution in [2.75, 3.05) is 5.73 Å². The summed E-state index contributed by atoms with van der Waals surface area (Å²) in [6.07, 6.45) is 0. The smallest absolute Gasteiger partial charge is 0.182 e. The fourth-order valence-corrected chi connectivity index (χ4v) is 3.99. The first-order chi connectivity index (χ1) is 9.83. The molecule has 108 valence electrons. The molecule has 0 atom stereocenters. The van der Waals surface area contributed by atoms with E-state index in [1.165, 1.54) is 12.1 Å². The molecule has 0 aliphatic carbocycles. The first kappa shape index (κ1) is 15.4. The topological polar surface area (TPSA) is 84.0 Å². The van der Waals surface area contributed by atoms with Crippen molar-refractivity contribution in [3.8, 4) is 6.07 Å². The molecular formula is C15H13ClN2O2S. The molecule has 2 rings (SSSR count). The van der Waals surface area contributed by atoms with Crippen LogP contribution < -0.4 is 5.73 Å². The molecule has 0 fully saturated rings. The van der Waals surface area contributed by atoms with Gasteiger partial charge in [0.2, 0.25) is 0 Å². The molecule has 0 saturated heterocycles. The van der Waals surface area contributed by atoms with E-state index in [4.69, 9.17) is 22.6 Å². The van der Waals surface area contributed by atoms with Crippen molar-refractivity contribution in [3.63, 3.8) is 0 Å². The zero-order valence-electron chi connectivity index (χ0n) is 11.3. The van der Waals surface area contributed by atoms with E-state index in [2.05, 4.69) is 0 Å². The van der Waals surface area contributed by atoms with Gasteiger partial charge in [-0.3, -0.25) is 0 Å². The summed E-state index contributed by atoms with van der Waals surface area (Å²) in [5.74, 6) is -0.234. The first-order valence-electron chi connectivity index (χ1n) is 6.11. The van der Waals surface area contributed by atoms with Gasteiger partial charge in [0.15, 0.2) is 9.84 Å². The minimum Gasteiger partial charge on any atom is -0.399 e. The second kappa shape index (κ2) is 5.76. The number of halogens is 1. The number of nitrogen functional groups attached to an aromatic ring is 1. The zero-order chi connectivity index (χ0) is 15.6. The van der Waals surface area contributed by atoms with Crippen LogP contribution in [0.15, 0.2) is 41.3 Å². The maximum absolute atomic E-state index is 12.5. The fourth-order valence-electron chi connectivity index (χ4n) is 1.97. The largest absolute Gasteiger partial charge is 0.399 e. The van der Waals surface area contributed by atoms with Crippen molar-refractivity contribution in [1.82, 2.24) is 0 Å². The van der Waals surface area contributed by atoms with E-state index in [9.17, 15) is 8.42 Å². The highest BCUT2D eigenvalue weighted by molar-refractivity contribution is 7.90. The molecule has 0 saturated carbocycles. The molecule has 0 aliphatic heterocycles. The van der Waals surface area contributed by atoms with E-state index >= 15 is 0 Å². The van der Waals surface area contributed by atoms with Gasteiger partial charge in [-0.15, -0.1) is 0 Å². The molecule has 2 aromatic rings. The van der Waals surface area contributed by atoms with Crippen LogP contribution in [-0.2, 0) is 15.6 Å². The Kier molecular flexibility index (Phi) is 4.21. The number of sulfone groups is 1. The summed E-state index contributed by atoms with van der Waals surface area (Å²) in [6, 6.07) is 11.3. The maximum atomic E-state index is 12.5. The SMILES string of the molecule is Cc1ccc(N)cc1S(=O)(=O)Cc1ccc(C#N)cc1Cl. The van der Waals surface area contributed by atoms with Crippen LogP contribution >= 0.6 is 11.6 Å². The van der Waals surface area contributed by atoms with Crippen LogP contribution in [0.5, 0.6) is 0 Å². The predicted molar refractivity (Wildman–Crippen MR) is 82.6 cm³/mol. The quantitative estimate of drug-likeness (QED) is 0.881. The van der Waals surface area contributed by atoms with Crippen LogP contribution in [0.25, 0.3) is 0 Å². The van der Waals surface area contributed by atoms with Gasteiger partial charge in [-0.1, -0.05) is 23.7 Å². The predicted octanol–water partition coefficient (Wildman–Crippen LogP) is 3.08. The molecule has 0 spiro atoms. The number of rotatable bonds is 3. The lowest BCUT2D eigenvalue weighted by molar-refractivity contribution is 0.594. The summed E-state index contributed by atoms with van der Waals surface area (Å²) in [4.78, 5) is 0.197. The van der Waals surface area contributed by atoms with Crippen LogP contribution in [-0.4, -0.2) is 8.42 Å². The molecule has 21 heavy (non-hydrogen) atoms. The van der Waals surface area contributed by atoms with Crippen LogP contribution in [0.4, 0.5) is 5.69 Å². The molecule has 0 amide bonds. The van der Waals surface area contributed by atoms with Gasteiger partial charge in [0.25, 0.3) is 0 Å². The Labute approximate surface area is 128 Å². The lowest BCUT2D eigenvalue weighted by Crippen LogP contribution is -2.08. The third kappa shape index (κ3) is 3.35. The number of aryl methyl sites for hydroxylation is 1. The molecule has 0 radical (unpaired) electrons. The monoisotopic (exact) mass is 320 g/mol. The minimum atomic E-state index is -3.56. The van der Waals surface area contributed by atoms with Crippen molar-refractivity contribution < 1.29 is 8.42 Å². The highest BCUT2D eigenvalue weighted by atomic mass is 35.5. The summed E-state index contributed by atoms with van der Waals surface area (Å²) in [7, 11) is -3.56. The van der Waals surface area contributed by atoms with Crippen molar-refractivity contribution >= 4 is 27.1 Å². The van der Waals surface area contributed by atoms with Crippen molar-refractivity contribution in [3.05, 3.63) is 58.1 Å². The Morgan fingerprint density at radius 1 is 1.24 bits per heavy atom. The van der Waals surface area contributed by atoms with Gasteiger partial charge in [0.1, 0.15) is 0 Å². The average Bonchev–Trinajstić information content (AvgIpc) is 2.43. The van der Waals surface area contributed by atoms with Crippen molar-refractivity contribution in [2.45, 2.75) is 17.6 Å². The highest BCUT2D eigenvalue weighted by Gasteiger charge is 2.19. The van der Waals surface area contributed by atoms with Crippen LogP contribution in [0.2, 0.25) is 5.02 Å².